The zero-order chi connectivity index (χ0) is 16.5. The largest absolute Gasteiger partial charge is 0.465 e. The molecule has 0 aromatic heterocycles. The number of ether oxygens (including phenoxy) is 1. The van der Waals surface area contributed by atoms with Crippen molar-refractivity contribution in [2.45, 2.75) is 24.7 Å². The van der Waals surface area contributed by atoms with Gasteiger partial charge in [-0.25, -0.2) is 4.39 Å². The van der Waals surface area contributed by atoms with Gasteiger partial charge in [-0.3, -0.25) is 9.59 Å². The molecule has 0 heterocycles. The standard InChI is InChI=1S/C13H13BrFN3O3S/c1-2-3-4-21-12(19)7-22-11-5-8(13(20)17-18-16)10(15)6-9(11)14/h5-6H,2-4,7H2,1H3. The van der Waals surface area contributed by atoms with Gasteiger partial charge in [0.1, 0.15) is 5.82 Å². The molecule has 0 atom stereocenters. The maximum Gasteiger partial charge on any atom is 0.316 e. The number of halogens is 2. The highest BCUT2D eigenvalue weighted by molar-refractivity contribution is 9.10. The molecule has 0 aliphatic carbocycles. The fourth-order valence-electron chi connectivity index (χ4n) is 1.41. The number of amides is 1. The second kappa shape index (κ2) is 9.45. The Morgan fingerprint density at radius 1 is 1.50 bits per heavy atom. The SMILES string of the molecule is CCCCOC(=O)CSc1cc(C(=O)N=[N+]=[N-])c(F)cc1Br. The van der Waals surface area contributed by atoms with E-state index >= 15 is 0 Å². The highest BCUT2D eigenvalue weighted by Crippen LogP contribution is 2.30. The molecule has 0 aliphatic rings. The third kappa shape index (κ3) is 5.67. The minimum atomic E-state index is -1.01. The molecule has 1 aromatic rings. The Hall–Kier alpha value is -1.57. The topological polar surface area (TPSA) is 92.1 Å². The molecule has 1 aromatic carbocycles. The summed E-state index contributed by atoms with van der Waals surface area (Å²) in [7, 11) is 0. The van der Waals surface area contributed by atoms with Crippen LogP contribution in [0.1, 0.15) is 30.1 Å². The van der Waals surface area contributed by atoms with Crippen molar-refractivity contribution >= 4 is 39.6 Å². The molecular weight excluding hydrogens is 377 g/mol. The van der Waals surface area contributed by atoms with Crippen LogP contribution in [0.5, 0.6) is 0 Å². The lowest BCUT2D eigenvalue weighted by Gasteiger charge is -2.07. The molecule has 9 heteroatoms. The van der Waals surface area contributed by atoms with Gasteiger partial charge in [-0.2, -0.15) is 0 Å². The summed E-state index contributed by atoms with van der Waals surface area (Å²) in [5.41, 5.74) is 7.89. The number of unbranched alkanes of at least 4 members (excludes halogenated alkanes) is 1. The Morgan fingerprint density at radius 3 is 2.86 bits per heavy atom. The first-order chi connectivity index (χ1) is 10.5. The molecule has 6 nitrogen and oxygen atoms in total. The number of rotatable bonds is 7. The van der Waals surface area contributed by atoms with Crippen molar-refractivity contribution in [3.63, 3.8) is 0 Å². The van der Waals surface area contributed by atoms with E-state index in [0.717, 1.165) is 30.7 Å². The number of nitrogens with zero attached hydrogens (tertiary/aromatic N) is 3. The van der Waals surface area contributed by atoms with Gasteiger partial charge in [0.2, 0.25) is 0 Å². The fourth-order valence-corrected chi connectivity index (χ4v) is 2.82. The van der Waals surface area contributed by atoms with Crippen LogP contribution in [0.4, 0.5) is 4.39 Å². The zero-order valence-electron chi connectivity index (χ0n) is 11.7. The van der Waals surface area contributed by atoms with Gasteiger partial charge in [-0.15, -0.1) is 11.8 Å². The summed E-state index contributed by atoms with van der Waals surface area (Å²) in [5.74, 6) is -2.18. The van der Waals surface area contributed by atoms with Gasteiger partial charge in [-0.1, -0.05) is 13.3 Å². The minimum absolute atomic E-state index is 0.0308. The third-order valence-corrected chi connectivity index (χ3v) is 4.44. The van der Waals surface area contributed by atoms with E-state index < -0.39 is 17.7 Å². The van der Waals surface area contributed by atoms with Gasteiger partial charge in [-0.05, 0) is 45.1 Å². The van der Waals surface area contributed by atoms with Crippen molar-refractivity contribution in [1.29, 1.82) is 0 Å². The summed E-state index contributed by atoms with van der Waals surface area (Å²) in [4.78, 5) is 25.8. The van der Waals surface area contributed by atoms with Crippen molar-refractivity contribution in [2.75, 3.05) is 12.4 Å². The third-order valence-electron chi connectivity index (χ3n) is 2.49. The average molecular weight is 390 g/mol. The van der Waals surface area contributed by atoms with Gasteiger partial charge < -0.3 is 4.74 Å². The van der Waals surface area contributed by atoms with E-state index in [0.29, 0.717) is 16.0 Å². The maximum absolute atomic E-state index is 13.7. The molecular formula is C13H13BrFN3O3S. The van der Waals surface area contributed by atoms with Crippen molar-refractivity contribution in [3.8, 4) is 0 Å². The van der Waals surface area contributed by atoms with Gasteiger partial charge in [0, 0.05) is 14.3 Å². The first kappa shape index (κ1) is 18.5. The van der Waals surface area contributed by atoms with Crippen LogP contribution in [0.2, 0.25) is 0 Å². The second-order valence-electron chi connectivity index (χ2n) is 4.12. The molecule has 0 saturated carbocycles. The Labute approximate surface area is 139 Å². The van der Waals surface area contributed by atoms with E-state index in [2.05, 4.69) is 26.0 Å². The Morgan fingerprint density at radius 2 is 2.23 bits per heavy atom. The summed E-state index contributed by atoms with van der Waals surface area (Å²) in [5, 5.41) is 2.86. The van der Waals surface area contributed by atoms with Crippen LogP contribution >= 0.6 is 27.7 Å². The predicted octanol–water partition coefficient (Wildman–Crippen LogP) is 4.47. The van der Waals surface area contributed by atoms with Crippen molar-refractivity contribution in [3.05, 3.63) is 38.4 Å². The van der Waals surface area contributed by atoms with Crippen LogP contribution in [-0.4, -0.2) is 24.2 Å². The molecule has 0 unspecified atom stereocenters. The number of carbonyl (C=O) groups is 2. The van der Waals surface area contributed by atoms with Crippen LogP contribution < -0.4 is 0 Å². The van der Waals surface area contributed by atoms with E-state index in [1.165, 1.54) is 6.07 Å². The van der Waals surface area contributed by atoms with Crippen LogP contribution in [0, 0.1) is 5.82 Å². The molecule has 0 bridgehead atoms. The first-order valence-electron chi connectivity index (χ1n) is 6.36. The Bertz CT molecular complexity index is 621. The molecule has 0 N–H and O–H groups in total. The number of azide groups is 1. The lowest BCUT2D eigenvalue weighted by molar-refractivity contribution is -0.140. The second-order valence-corrected chi connectivity index (χ2v) is 5.99. The number of thioether (sulfide) groups is 1. The van der Waals surface area contributed by atoms with Crippen molar-refractivity contribution < 1.29 is 18.7 Å². The lowest BCUT2D eigenvalue weighted by Crippen LogP contribution is -2.08. The Balaban J connectivity index is 2.78. The molecule has 0 aliphatic heterocycles. The molecule has 0 radical (unpaired) electrons. The summed E-state index contributed by atoms with van der Waals surface area (Å²) < 4.78 is 19.1. The monoisotopic (exact) mass is 389 g/mol. The normalized spacial score (nSPS) is 9.95. The summed E-state index contributed by atoms with van der Waals surface area (Å²) in [6.07, 6.45) is 1.72. The van der Waals surface area contributed by atoms with E-state index in [4.69, 9.17) is 10.3 Å². The maximum atomic E-state index is 13.7. The van der Waals surface area contributed by atoms with E-state index in [1.54, 1.807) is 0 Å². The number of hydrogen-bond acceptors (Lipinski definition) is 4. The molecule has 1 amide bonds. The predicted molar refractivity (Wildman–Crippen MR) is 84.2 cm³/mol. The summed E-state index contributed by atoms with van der Waals surface area (Å²) >= 11 is 4.25. The number of benzene rings is 1. The first-order valence-corrected chi connectivity index (χ1v) is 8.14. The lowest BCUT2D eigenvalue weighted by atomic mass is 10.2. The Kier molecular flexibility index (Phi) is 7.94. The fraction of sp³-hybridized carbons (Fsp3) is 0.385. The molecule has 118 valence electrons. The molecule has 1 rings (SSSR count). The molecule has 0 saturated heterocycles. The minimum Gasteiger partial charge on any atom is -0.465 e. The smallest absolute Gasteiger partial charge is 0.316 e. The van der Waals surface area contributed by atoms with Crippen molar-refractivity contribution in [1.82, 2.24) is 0 Å². The summed E-state index contributed by atoms with van der Waals surface area (Å²) in [6, 6.07) is 2.32. The van der Waals surface area contributed by atoms with E-state index in [9.17, 15) is 14.0 Å². The molecule has 0 spiro atoms. The van der Waals surface area contributed by atoms with Crippen LogP contribution in [0.25, 0.3) is 10.4 Å². The number of hydrogen-bond donors (Lipinski definition) is 0. The van der Waals surface area contributed by atoms with Gasteiger partial charge >= 0.3 is 5.97 Å². The van der Waals surface area contributed by atoms with Gasteiger partial charge in [0.25, 0.3) is 5.91 Å². The van der Waals surface area contributed by atoms with Gasteiger partial charge in [0.15, 0.2) is 0 Å². The highest BCUT2D eigenvalue weighted by Gasteiger charge is 2.15. The number of esters is 1. The average Bonchev–Trinajstić information content (AvgIpc) is 2.46. The molecule has 0 fully saturated rings. The van der Waals surface area contributed by atoms with Crippen molar-refractivity contribution in [2.24, 2.45) is 5.11 Å². The van der Waals surface area contributed by atoms with Crippen LogP contribution in [0.3, 0.4) is 0 Å². The van der Waals surface area contributed by atoms with Crippen LogP contribution in [-0.2, 0) is 9.53 Å². The highest BCUT2D eigenvalue weighted by atomic mass is 79.9. The number of carbonyl (C=O) groups excluding carboxylic acids is 2. The van der Waals surface area contributed by atoms with E-state index in [-0.39, 0.29) is 11.3 Å². The van der Waals surface area contributed by atoms with E-state index in [1.807, 2.05) is 6.92 Å². The van der Waals surface area contributed by atoms with Gasteiger partial charge in [0.05, 0.1) is 17.9 Å². The van der Waals surface area contributed by atoms with Crippen LogP contribution in [0.15, 0.2) is 26.6 Å². The summed E-state index contributed by atoms with van der Waals surface area (Å²) in [6.45, 7) is 2.35. The zero-order valence-corrected chi connectivity index (χ0v) is 14.1. The molecule has 22 heavy (non-hydrogen) atoms. The quantitative estimate of drug-likeness (QED) is 0.171.